The molecule has 1 atom stereocenters. The van der Waals surface area contributed by atoms with Crippen molar-refractivity contribution < 1.29 is 4.79 Å². The van der Waals surface area contributed by atoms with E-state index in [0.717, 1.165) is 57.2 Å². The first-order valence-electron chi connectivity index (χ1n) is 8.33. The summed E-state index contributed by atoms with van der Waals surface area (Å²) in [5.41, 5.74) is 6.66. The summed E-state index contributed by atoms with van der Waals surface area (Å²) in [5.74, 6) is 2.15. The van der Waals surface area contributed by atoms with Crippen molar-refractivity contribution in [1.82, 2.24) is 19.8 Å². The van der Waals surface area contributed by atoms with Crippen LogP contribution in [0.3, 0.4) is 0 Å². The zero-order valence-corrected chi connectivity index (χ0v) is 14.0. The standard InChI is InChI=1S/C16H26N6O/c1-12-9-14(19-16(17)18-12)22-7-5-21(6-8-22)11-13-3-4-15(23)20(2)10-13/h9,13H,3-8,10-11H2,1-2H3,(H2,17,18,19). The molecule has 1 amide bonds. The smallest absolute Gasteiger partial charge is 0.222 e. The van der Waals surface area contributed by atoms with E-state index in [1.54, 1.807) is 0 Å². The number of aromatic nitrogens is 2. The monoisotopic (exact) mass is 318 g/mol. The number of piperazine rings is 1. The quantitative estimate of drug-likeness (QED) is 0.867. The van der Waals surface area contributed by atoms with Gasteiger partial charge in [0.2, 0.25) is 11.9 Å². The molecule has 7 heteroatoms. The number of rotatable bonds is 3. The fourth-order valence-corrected chi connectivity index (χ4v) is 3.51. The summed E-state index contributed by atoms with van der Waals surface area (Å²) >= 11 is 0. The third kappa shape index (κ3) is 3.90. The fourth-order valence-electron chi connectivity index (χ4n) is 3.51. The SMILES string of the molecule is Cc1cc(N2CCN(CC3CCC(=O)N(C)C3)CC2)nc(N)n1. The number of nitrogens with zero attached hydrogens (tertiary/aromatic N) is 5. The molecule has 0 aromatic carbocycles. The molecule has 23 heavy (non-hydrogen) atoms. The van der Waals surface area contributed by atoms with Gasteiger partial charge in [-0.1, -0.05) is 0 Å². The highest BCUT2D eigenvalue weighted by Gasteiger charge is 2.26. The summed E-state index contributed by atoms with van der Waals surface area (Å²) in [7, 11) is 1.91. The lowest BCUT2D eigenvalue weighted by Crippen LogP contribution is -2.50. The Morgan fingerprint density at radius 3 is 2.65 bits per heavy atom. The Balaban J connectivity index is 1.51. The molecular formula is C16H26N6O. The molecule has 7 nitrogen and oxygen atoms in total. The number of amides is 1. The second-order valence-electron chi connectivity index (χ2n) is 6.69. The first-order chi connectivity index (χ1) is 11.0. The topological polar surface area (TPSA) is 78.6 Å². The largest absolute Gasteiger partial charge is 0.368 e. The number of hydrogen-bond acceptors (Lipinski definition) is 6. The Labute approximate surface area is 137 Å². The van der Waals surface area contributed by atoms with E-state index >= 15 is 0 Å². The van der Waals surface area contributed by atoms with E-state index in [4.69, 9.17) is 5.73 Å². The highest BCUT2D eigenvalue weighted by Crippen LogP contribution is 2.20. The molecule has 0 radical (unpaired) electrons. The van der Waals surface area contributed by atoms with Crippen molar-refractivity contribution in [2.45, 2.75) is 19.8 Å². The molecule has 0 bridgehead atoms. The molecule has 1 aromatic heterocycles. The summed E-state index contributed by atoms with van der Waals surface area (Å²) in [6.45, 7) is 7.87. The van der Waals surface area contributed by atoms with E-state index in [1.807, 2.05) is 24.9 Å². The van der Waals surface area contributed by atoms with Gasteiger partial charge in [-0.25, -0.2) is 4.98 Å². The fraction of sp³-hybridized carbons (Fsp3) is 0.688. The van der Waals surface area contributed by atoms with Gasteiger partial charge in [-0.15, -0.1) is 0 Å². The number of carbonyl (C=O) groups is 1. The van der Waals surface area contributed by atoms with Gasteiger partial charge in [-0.3, -0.25) is 9.69 Å². The zero-order chi connectivity index (χ0) is 16.4. The van der Waals surface area contributed by atoms with E-state index in [1.165, 1.54) is 0 Å². The predicted octanol–water partition coefficient (Wildman–Crippen LogP) is 0.358. The van der Waals surface area contributed by atoms with Crippen molar-refractivity contribution >= 4 is 17.7 Å². The van der Waals surface area contributed by atoms with Gasteiger partial charge in [0.25, 0.3) is 0 Å². The third-order valence-electron chi connectivity index (χ3n) is 4.79. The van der Waals surface area contributed by atoms with Crippen molar-refractivity contribution in [3.63, 3.8) is 0 Å². The minimum Gasteiger partial charge on any atom is -0.368 e. The van der Waals surface area contributed by atoms with E-state index in [2.05, 4.69) is 19.8 Å². The van der Waals surface area contributed by atoms with Gasteiger partial charge in [-0.05, 0) is 19.3 Å². The van der Waals surface area contributed by atoms with Gasteiger partial charge in [0.05, 0.1) is 0 Å². The molecule has 0 saturated carbocycles. The van der Waals surface area contributed by atoms with Gasteiger partial charge in [0, 0.05) is 64.5 Å². The number of anilines is 2. The minimum atomic E-state index is 0.280. The molecule has 126 valence electrons. The molecule has 3 heterocycles. The van der Waals surface area contributed by atoms with Crippen LogP contribution < -0.4 is 10.6 Å². The van der Waals surface area contributed by atoms with Crippen molar-refractivity contribution in [2.75, 3.05) is 56.9 Å². The second kappa shape index (κ2) is 6.70. The van der Waals surface area contributed by atoms with E-state index < -0.39 is 0 Å². The number of likely N-dealkylation sites (tertiary alicyclic amines) is 1. The maximum absolute atomic E-state index is 11.6. The lowest BCUT2D eigenvalue weighted by Gasteiger charge is -2.39. The molecule has 3 rings (SSSR count). The van der Waals surface area contributed by atoms with Gasteiger partial charge in [0.15, 0.2) is 0 Å². The predicted molar refractivity (Wildman–Crippen MR) is 90.2 cm³/mol. The van der Waals surface area contributed by atoms with E-state index in [-0.39, 0.29) is 5.91 Å². The Bertz CT molecular complexity index is 549. The van der Waals surface area contributed by atoms with E-state index in [9.17, 15) is 4.79 Å². The zero-order valence-electron chi connectivity index (χ0n) is 14.0. The highest BCUT2D eigenvalue weighted by atomic mass is 16.2. The third-order valence-corrected chi connectivity index (χ3v) is 4.79. The van der Waals surface area contributed by atoms with Gasteiger partial charge in [-0.2, -0.15) is 4.98 Å². The van der Waals surface area contributed by atoms with Crippen LogP contribution in [0.25, 0.3) is 0 Å². The average molecular weight is 318 g/mol. The number of nitrogens with two attached hydrogens (primary N) is 1. The molecule has 2 N–H and O–H groups in total. The second-order valence-corrected chi connectivity index (χ2v) is 6.69. The molecule has 2 fully saturated rings. The van der Waals surface area contributed by atoms with Crippen LogP contribution in [-0.4, -0.2) is 72.0 Å². The van der Waals surface area contributed by atoms with Crippen LogP contribution in [0.5, 0.6) is 0 Å². The van der Waals surface area contributed by atoms with Gasteiger partial charge < -0.3 is 15.5 Å². The van der Waals surface area contributed by atoms with Crippen LogP contribution in [0.15, 0.2) is 6.07 Å². The molecule has 1 aromatic rings. The van der Waals surface area contributed by atoms with Crippen LogP contribution in [0.1, 0.15) is 18.5 Å². The van der Waals surface area contributed by atoms with Crippen LogP contribution in [0.4, 0.5) is 11.8 Å². The first-order valence-corrected chi connectivity index (χ1v) is 8.33. The summed E-state index contributed by atoms with van der Waals surface area (Å²) in [5, 5.41) is 0. The number of piperidine rings is 1. The first kappa shape index (κ1) is 16.0. The Hall–Kier alpha value is -1.89. The van der Waals surface area contributed by atoms with E-state index in [0.29, 0.717) is 18.3 Å². The Kier molecular flexibility index (Phi) is 4.66. The maximum Gasteiger partial charge on any atom is 0.222 e. The van der Waals surface area contributed by atoms with Crippen molar-refractivity contribution in [3.8, 4) is 0 Å². The number of carbonyl (C=O) groups excluding carboxylic acids is 1. The summed E-state index contributed by atoms with van der Waals surface area (Å²) in [6, 6.07) is 1.99. The van der Waals surface area contributed by atoms with Crippen LogP contribution in [0.2, 0.25) is 0 Å². The summed E-state index contributed by atoms with van der Waals surface area (Å²) < 4.78 is 0. The molecule has 0 aliphatic carbocycles. The van der Waals surface area contributed by atoms with Gasteiger partial charge >= 0.3 is 0 Å². The molecule has 2 saturated heterocycles. The lowest BCUT2D eigenvalue weighted by atomic mass is 9.97. The molecule has 0 spiro atoms. The highest BCUT2D eigenvalue weighted by molar-refractivity contribution is 5.76. The Morgan fingerprint density at radius 2 is 2.00 bits per heavy atom. The molecule has 2 aliphatic rings. The number of hydrogen-bond donors (Lipinski definition) is 1. The lowest BCUT2D eigenvalue weighted by molar-refractivity contribution is -0.133. The molecule has 2 aliphatic heterocycles. The van der Waals surface area contributed by atoms with Crippen LogP contribution in [-0.2, 0) is 4.79 Å². The molecule has 1 unspecified atom stereocenters. The van der Waals surface area contributed by atoms with Crippen molar-refractivity contribution in [1.29, 1.82) is 0 Å². The van der Waals surface area contributed by atoms with Crippen molar-refractivity contribution in [3.05, 3.63) is 11.8 Å². The molecular weight excluding hydrogens is 292 g/mol. The average Bonchev–Trinajstić information content (AvgIpc) is 2.51. The van der Waals surface area contributed by atoms with Crippen LogP contribution >= 0.6 is 0 Å². The summed E-state index contributed by atoms with van der Waals surface area (Å²) in [4.78, 5) is 26.7. The minimum absolute atomic E-state index is 0.280. The van der Waals surface area contributed by atoms with Crippen LogP contribution in [0, 0.1) is 12.8 Å². The maximum atomic E-state index is 11.6. The van der Waals surface area contributed by atoms with Gasteiger partial charge in [0.1, 0.15) is 5.82 Å². The number of nitrogen functional groups attached to an aromatic ring is 1. The normalized spacial score (nSPS) is 23.4. The number of aryl methyl sites for hydroxylation is 1. The Morgan fingerprint density at radius 1 is 1.26 bits per heavy atom. The van der Waals surface area contributed by atoms with Crippen molar-refractivity contribution in [2.24, 2.45) is 5.92 Å². The summed E-state index contributed by atoms with van der Waals surface area (Å²) in [6.07, 6.45) is 1.71.